The Hall–Kier alpha value is -1.24. The molecule has 1 aromatic rings. The smallest absolute Gasteiger partial charge is 0.101 e. The van der Waals surface area contributed by atoms with Crippen molar-refractivity contribution in [3.8, 4) is 6.07 Å². The van der Waals surface area contributed by atoms with Crippen LogP contribution in [0.15, 0.2) is 18.2 Å². The first-order valence-corrected chi connectivity index (χ1v) is 5.66. The third-order valence-electron chi connectivity index (χ3n) is 2.25. The molecular formula is C12H15ClN2O. The number of anilines is 1. The molecule has 0 radical (unpaired) electrons. The summed E-state index contributed by atoms with van der Waals surface area (Å²) < 4.78 is 0. The van der Waals surface area contributed by atoms with Crippen molar-refractivity contribution in [2.45, 2.75) is 25.9 Å². The summed E-state index contributed by atoms with van der Waals surface area (Å²) in [5.74, 6) is 0. The Morgan fingerprint density at radius 1 is 1.56 bits per heavy atom. The number of hydrogen-bond acceptors (Lipinski definition) is 3. The topological polar surface area (TPSA) is 56.0 Å². The molecule has 0 spiro atoms. The minimum atomic E-state index is -0.393. The zero-order valence-corrected chi connectivity index (χ0v) is 9.96. The third kappa shape index (κ3) is 3.73. The minimum absolute atomic E-state index is 0.393. The fourth-order valence-corrected chi connectivity index (χ4v) is 1.60. The maximum absolute atomic E-state index is 9.56. The number of nitrogens with zero attached hydrogens (tertiary/aromatic N) is 1. The Bertz CT molecular complexity index is 387. The summed E-state index contributed by atoms with van der Waals surface area (Å²) in [5, 5.41) is 22.1. The molecule has 0 aliphatic carbocycles. The van der Waals surface area contributed by atoms with Crippen LogP contribution in [-0.4, -0.2) is 17.8 Å². The fourth-order valence-electron chi connectivity index (χ4n) is 1.42. The molecule has 0 heterocycles. The zero-order valence-electron chi connectivity index (χ0n) is 9.20. The third-order valence-corrected chi connectivity index (χ3v) is 2.49. The standard InChI is InChI=1S/C12H15ClN2O/c1-2-3-11(16)8-15-12-6-10(13)5-4-9(12)7-14/h4-6,11,15-16H,2-3,8H2,1H3. The SMILES string of the molecule is CCCC(O)CNc1cc(Cl)ccc1C#N. The highest BCUT2D eigenvalue weighted by atomic mass is 35.5. The van der Waals surface area contributed by atoms with Crippen molar-refractivity contribution >= 4 is 17.3 Å². The summed E-state index contributed by atoms with van der Waals surface area (Å²) in [6.45, 7) is 2.45. The van der Waals surface area contributed by atoms with Crippen LogP contribution in [-0.2, 0) is 0 Å². The summed E-state index contributed by atoms with van der Waals surface area (Å²) in [7, 11) is 0. The number of benzene rings is 1. The second kappa shape index (κ2) is 6.37. The van der Waals surface area contributed by atoms with Gasteiger partial charge in [-0.1, -0.05) is 24.9 Å². The normalized spacial score (nSPS) is 11.9. The van der Waals surface area contributed by atoms with Crippen molar-refractivity contribution < 1.29 is 5.11 Å². The number of hydrogen-bond donors (Lipinski definition) is 2. The van der Waals surface area contributed by atoms with E-state index in [1.165, 1.54) is 0 Å². The van der Waals surface area contributed by atoms with E-state index in [0.717, 1.165) is 12.8 Å². The Labute approximate surface area is 101 Å². The molecule has 0 aliphatic rings. The van der Waals surface area contributed by atoms with Gasteiger partial charge in [0.05, 0.1) is 17.4 Å². The Kier molecular flexibility index (Phi) is 5.10. The largest absolute Gasteiger partial charge is 0.391 e. The molecule has 0 bridgehead atoms. The van der Waals surface area contributed by atoms with Gasteiger partial charge in [0.15, 0.2) is 0 Å². The molecular weight excluding hydrogens is 224 g/mol. The van der Waals surface area contributed by atoms with E-state index in [4.69, 9.17) is 16.9 Å². The van der Waals surface area contributed by atoms with Gasteiger partial charge in [-0.25, -0.2) is 0 Å². The first-order chi connectivity index (χ1) is 7.67. The van der Waals surface area contributed by atoms with Gasteiger partial charge in [-0.05, 0) is 24.6 Å². The van der Waals surface area contributed by atoms with E-state index in [2.05, 4.69) is 11.4 Å². The summed E-state index contributed by atoms with van der Waals surface area (Å²) in [4.78, 5) is 0. The molecule has 2 N–H and O–H groups in total. The molecule has 3 nitrogen and oxygen atoms in total. The lowest BCUT2D eigenvalue weighted by Gasteiger charge is -2.12. The van der Waals surface area contributed by atoms with Crippen LogP contribution >= 0.6 is 11.6 Å². The molecule has 86 valence electrons. The zero-order chi connectivity index (χ0) is 12.0. The van der Waals surface area contributed by atoms with Gasteiger partial charge in [-0.3, -0.25) is 0 Å². The minimum Gasteiger partial charge on any atom is -0.391 e. The number of nitrogens with one attached hydrogen (secondary N) is 1. The van der Waals surface area contributed by atoms with Gasteiger partial charge in [0, 0.05) is 11.6 Å². The molecule has 1 atom stereocenters. The predicted molar refractivity (Wildman–Crippen MR) is 65.6 cm³/mol. The summed E-state index contributed by atoms with van der Waals surface area (Å²) in [5.41, 5.74) is 1.21. The second-order valence-electron chi connectivity index (χ2n) is 3.63. The van der Waals surface area contributed by atoms with E-state index >= 15 is 0 Å². The number of aliphatic hydroxyl groups is 1. The van der Waals surface area contributed by atoms with Crippen molar-refractivity contribution in [2.24, 2.45) is 0 Å². The average molecular weight is 239 g/mol. The fraction of sp³-hybridized carbons (Fsp3) is 0.417. The van der Waals surface area contributed by atoms with E-state index < -0.39 is 6.10 Å². The number of rotatable bonds is 5. The van der Waals surface area contributed by atoms with E-state index in [1.54, 1.807) is 18.2 Å². The molecule has 1 aromatic carbocycles. The average Bonchev–Trinajstić information content (AvgIpc) is 2.27. The van der Waals surface area contributed by atoms with Gasteiger partial charge >= 0.3 is 0 Å². The Balaban J connectivity index is 2.66. The van der Waals surface area contributed by atoms with E-state index in [0.29, 0.717) is 22.8 Å². The van der Waals surface area contributed by atoms with Crippen molar-refractivity contribution in [3.05, 3.63) is 28.8 Å². The highest BCUT2D eigenvalue weighted by Crippen LogP contribution is 2.20. The maximum Gasteiger partial charge on any atom is 0.101 e. The van der Waals surface area contributed by atoms with E-state index in [9.17, 15) is 5.11 Å². The highest BCUT2D eigenvalue weighted by Gasteiger charge is 2.06. The van der Waals surface area contributed by atoms with Crippen molar-refractivity contribution in [1.29, 1.82) is 5.26 Å². The molecule has 0 aliphatic heterocycles. The molecule has 0 amide bonds. The van der Waals surface area contributed by atoms with Gasteiger partial charge in [0.2, 0.25) is 0 Å². The molecule has 1 unspecified atom stereocenters. The lowest BCUT2D eigenvalue weighted by molar-refractivity contribution is 0.176. The molecule has 0 fully saturated rings. The van der Waals surface area contributed by atoms with Crippen LogP contribution in [0.5, 0.6) is 0 Å². The van der Waals surface area contributed by atoms with Crippen LogP contribution in [0.1, 0.15) is 25.3 Å². The van der Waals surface area contributed by atoms with Gasteiger partial charge in [-0.15, -0.1) is 0 Å². The van der Waals surface area contributed by atoms with Crippen LogP contribution in [0.3, 0.4) is 0 Å². The number of nitriles is 1. The van der Waals surface area contributed by atoms with Gasteiger partial charge in [0.1, 0.15) is 6.07 Å². The molecule has 0 aromatic heterocycles. The van der Waals surface area contributed by atoms with Crippen LogP contribution in [0.2, 0.25) is 5.02 Å². The molecule has 0 saturated heterocycles. The van der Waals surface area contributed by atoms with E-state index in [1.807, 2.05) is 6.92 Å². The Morgan fingerprint density at radius 3 is 2.94 bits per heavy atom. The van der Waals surface area contributed by atoms with Gasteiger partial charge in [-0.2, -0.15) is 5.26 Å². The summed E-state index contributed by atoms with van der Waals surface area (Å²) >= 11 is 5.84. The highest BCUT2D eigenvalue weighted by molar-refractivity contribution is 6.30. The van der Waals surface area contributed by atoms with Crippen LogP contribution in [0.4, 0.5) is 5.69 Å². The molecule has 4 heteroatoms. The first-order valence-electron chi connectivity index (χ1n) is 5.29. The quantitative estimate of drug-likeness (QED) is 0.830. The Morgan fingerprint density at radius 2 is 2.31 bits per heavy atom. The summed E-state index contributed by atoms with van der Waals surface area (Å²) in [6.07, 6.45) is 1.29. The molecule has 0 saturated carbocycles. The van der Waals surface area contributed by atoms with Crippen molar-refractivity contribution in [1.82, 2.24) is 0 Å². The van der Waals surface area contributed by atoms with Crippen LogP contribution in [0, 0.1) is 11.3 Å². The molecule has 16 heavy (non-hydrogen) atoms. The van der Waals surface area contributed by atoms with Gasteiger partial charge in [0.25, 0.3) is 0 Å². The summed E-state index contributed by atoms with van der Waals surface area (Å²) in [6, 6.07) is 7.11. The number of aliphatic hydroxyl groups excluding tert-OH is 1. The monoisotopic (exact) mass is 238 g/mol. The number of halogens is 1. The first kappa shape index (κ1) is 12.8. The molecule has 1 rings (SSSR count). The maximum atomic E-state index is 9.56. The van der Waals surface area contributed by atoms with Crippen molar-refractivity contribution in [3.63, 3.8) is 0 Å². The predicted octanol–water partition coefficient (Wildman–Crippen LogP) is 2.78. The lowest BCUT2D eigenvalue weighted by Crippen LogP contribution is -2.19. The van der Waals surface area contributed by atoms with Gasteiger partial charge < -0.3 is 10.4 Å². The van der Waals surface area contributed by atoms with Crippen LogP contribution in [0.25, 0.3) is 0 Å². The van der Waals surface area contributed by atoms with Crippen molar-refractivity contribution in [2.75, 3.05) is 11.9 Å². The second-order valence-corrected chi connectivity index (χ2v) is 4.06. The van der Waals surface area contributed by atoms with E-state index in [-0.39, 0.29) is 0 Å². The van der Waals surface area contributed by atoms with Crippen LogP contribution < -0.4 is 5.32 Å². The lowest BCUT2D eigenvalue weighted by atomic mass is 10.1.